The summed E-state index contributed by atoms with van der Waals surface area (Å²) in [5.74, 6) is -0.0772. The average Bonchev–Trinajstić information content (AvgIpc) is 2.68. The Kier molecular flexibility index (Phi) is 6.66. The SMILES string of the molecule is Cc1cc(CC(=O)O)ccc1OC/C=C(\c1ccccc1)c1ccc(Br)cc1. The molecule has 3 rings (SSSR count). The van der Waals surface area contributed by atoms with Crippen LogP contribution in [0.4, 0.5) is 0 Å². The minimum Gasteiger partial charge on any atom is -0.489 e. The Bertz CT molecular complexity index is 976. The third-order valence-electron chi connectivity index (χ3n) is 4.36. The van der Waals surface area contributed by atoms with Crippen molar-refractivity contribution < 1.29 is 14.6 Å². The fraction of sp³-hybridized carbons (Fsp3) is 0.125. The monoisotopic (exact) mass is 436 g/mol. The molecule has 1 N–H and O–H groups in total. The van der Waals surface area contributed by atoms with E-state index in [2.05, 4.69) is 46.3 Å². The number of carbonyl (C=O) groups is 1. The summed E-state index contributed by atoms with van der Waals surface area (Å²) in [5, 5.41) is 8.92. The maximum absolute atomic E-state index is 10.9. The van der Waals surface area contributed by atoms with Crippen LogP contribution < -0.4 is 4.74 Å². The van der Waals surface area contributed by atoms with Gasteiger partial charge in [-0.2, -0.15) is 0 Å². The van der Waals surface area contributed by atoms with Crippen molar-refractivity contribution in [2.75, 3.05) is 6.61 Å². The Morgan fingerprint density at radius 2 is 1.68 bits per heavy atom. The van der Waals surface area contributed by atoms with Gasteiger partial charge in [0.2, 0.25) is 0 Å². The van der Waals surface area contributed by atoms with Crippen molar-refractivity contribution in [3.05, 3.63) is 106 Å². The number of ether oxygens (including phenoxy) is 1. The summed E-state index contributed by atoms with van der Waals surface area (Å²) in [6, 6.07) is 23.9. The quantitative estimate of drug-likeness (QED) is 0.501. The molecular formula is C24H21BrO3. The van der Waals surface area contributed by atoms with Crippen LogP contribution in [0.1, 0.15) is 22.3 Å². The van der Waals surface area contributed by atoms with Crippen molar-refractivity contribution in [2.24, 2.45) is 0 Å². The zero-order valence-electron chi connectivity index (χ0n) is 15.6. The Balaban J connectivity index is 1.80. The molecule has 0 unspecified atom stereocenters. The standard InChI is InChI=1S/C24H21BrO3/c1-17-15-18(16-24(26)27)7-12-23(17)28-14-13-22(19-5-3-2-4-6-19)20-8-10-21(25)11-9-20/h2-13,15H,14,16H2,1H3,(H,26,27)/b22-13+. The number of aliphatic carboxylic acids is 1. The molecule has 3 nitrogen and oxygen atoms in total. The van der Waals surface area contributed by atoms with Crippen LogP contribution in [0.25, 0.3) is 5.57 Å². The van der Waals surface area contributed by atoms with Crippen molar-refractivity contribution in [1.82, 2.24) is 0 Å². The van der Waals surface area contributed by atoms with Crippen LogP contribution in [-0.2, 0) is 11.2 Å². The lowest BCUT2D eigenvalue weighted by atomic mass is 9.98. The zero-order valence-corrected chi connectivity index (χ0v) is 17.1. The van der Waals surface area contributed by atoms with E-state index in [0.717, 1.165) is 38.0 Å². The van der Waals surface area contributed by atoms with E-state index in [1.165, 1.54) is 0 Å². The van der Waals surface area contributed by atoms with Gasteiger partial charge < -0.3 is 9.84 Å². The summed E-state index contributed by atoms with van der Waals surface area (Å²) in [6.45, 7) is 2.34. The van der Waals surface area contributed by atoms with Gasteiger partial charge in [-0.05, 0) is 59.0 Å². The molecule has 0 fully saturated rings. The highest BCUT2D eigenvalue weighted by atomic mass is 79.9. The highest BCUT2D eigenvalue weighted by molar-refractivity contribution is 9.10. The predicted molar refractivity (Wildman–Crippen MR) is 116 cm³/mol. The summed E-state index contributed by atoms with van der Waals surface area (Å²) in [4.78, 5) is 10.9. The van der Waals surface area contributed by atoms with Gasteiger partial charge in [0.1, 0.15) is 12.4 Å². The maximum Gasteiger partial charge on any atom is 0.307 e. The number of halogens is 1. The second kappa shape index (κ2) is 9.38. The summed E-state index contributed by atoms with van der Waals surface area (Å²) >= 11 is 3.48. The van der Waals surface area contributed by atoms with Gasteiger partial charge in [0.25, 0.3) is 0 Å². The second-order valence-electron chi connectivity index (χ2n) is 6.47. The van der Waals surface area contributed by atoms with Gasteiger partial charge in [-0.25, -0.2) is 0 Å². The third-order valence-corrected chi connectivity index (χ3v) is 4.89. The van der Waals surface area contributed by atoms with Crippen LogP contribution in [0, 0.1) is 6.92 Å². The molecule has 0 radical (unpaired) electrons. The number of rotatable bonds is 7. The predicted octanol–water partition coefficient (Wildman–Crippen LogP) is 5.90. The number of carboxylic acid groups (broad SMARTS) is 1. The van der Waals surface area contributed by atoms with Crippen LogP contribution >= 0.6 is 15.9 Å². The Labute approximate surface area is 173 Å². The maximum atomic E-state index is 10.9. The van der Waals surface area contributed by atoms with Crippen molar-refractivity contribution in [2.45, 2.75) is 13.3 Å². The van der Waals surface area contributed by atoms with Crippen molar-refractivity contribution in [3.63, 3.8) is 0 Å². The van der Waals surface area contributed by atoms with Crippen LogP contribution in [-0.4, -0.2) is 17.7 Å². The van der Waals surface area contributed by atoms with Gasteiger partial charge in [-0.3, -0.25) is 4.79 Å². The summed E-state index contributed by atoms with van der Waals surface area (Å²) in [7, 11) is 0. The second-order valence-corrected chi connectivity index (χ2v) is 7.39. The molecule has 4 heteroatoms. The zero-order chi connectivity index (χ0) is 19.9. The van der Waals surface area contributed by atoms with E-state index in [-0.39, 0.29) is 6.42 Å². The molecular weight excluding hydrogens is 416 g/mol. The first kappa shape index (κ1) is 19.9. The summed E-state index contributed by atoms with van der Waals surface area (Å²) in [6.07, 6.45) is 2.09. The smallest absolute Gasteiger partial charge is 0.307 e. The van der Waals surface area contributed by atoms with E-state index in [1.54, 1.807) is 6.07 Å². The largest absolute Gasteiger partial charge is 0.489 e. The van der Waals surface area contributed by atoms with E-state index >= 15 is 0 Å². The molecule has 0 heterocycles. The molecule has 0 saturated heterocycles. The van der Waals surface area contributed by atoms with E-state index in [1.807, 2.05) is 49.4 Å². The fourth-order valence-electron chi connectivity index (χ4n) is 3.02. The lowest BCUT2D eigenvalue weighted by Gasteiger charge is -2.12. The third kappa shape index (κ3) is 5.33. The highest BCUT2D eigenvalue weighted by Crippen LogP contribution is 2.25. The minimum absolute atomic E-state index is 0.0166. The molecule has 0 spiro atoms. The Morgan fingerprint density at radius 3 is 2.32 bits per heavy atom. The van der Waals surface area contributed by atoms with Crippen LogP contribution in [0.3, 0.4) is 0 Å². The van der Waals surface area contributed by atoms with Gasteiger partial charge >= 0.3 is 5.97 Å². The Morgan fingerprint density at radius 1 is 1.00 bits per heavy atom. The first-order valence-corrected chi connectivity index (χ1v) is 9.78. The minimum atomic E-state index is -0.835. The van der Waals surface area contributed by atoms with E-state index in [9.17, 15) is 4.79 Å². The molecule has 0 atom stereocenters. The molecule has 3 aromatic carbocycles. The van der Waals surface area contributed by atoms with Gasteiger partial charge in [-0.15, -0.1) is 0 Å². The normalized spacial score (nSPS) is 11.3. The lowest BCUT2D eigenvalue weighted by molar-refractivity contribution is -0.136. The van der Waals surface area contributed by atoms with Crippen molar-refractivity contribution in [1.29, 1.82) is 0 Å². The first-order valence-electron chi connectivity index (χ1n) is 8.98. The number of hydrogen-bond acceptors (Lipinski definition) is 2. The van der Waals surface area contributed by atoms with E-state index < -0.39 is 5.97 Å². The molecule has 0 aliphatic rings. The van der Waals surface area contributed by atoms with Gasteiger partial charge in [0.05, 0.1) is 6.42 Å². The molecule has 28 heavy (non-hydrogen) atoms. The number of hydrogen-bond donors (Lipinski definition) is 1. The highest BCUT2D eigenvalue weighted by Gasteiger charge is 2.07. The summed E-state index contributed by atoms with van der Waals surface area (Å²) < 4.78 is 7.00. The Hall–Kier alpha value is -2.85. The number of carboxylic acids is 1. The van der Waals surface area contributed by atoms with Gasteiger partial charge in [0.15, 0.2) is 0 Å². The summed E-state index contributed by atoms with van der Waals surface area (Å²) in [5.41, 5.74) is 5.05. The van der Waals surface area contributed by atoms with Gasteiger partial charge in [0, 0.05) is 4.47 Å². The van der Waals surface area contributed by atoms with Crippen molar-refractivity contribution >= 4 is 27.5 Å². The topological polar surface area (TPSA) is 46.5 Å². The number of aryl methyl sites for hydroxylation is 1. The van der Waals surface area contributed by atoms with Crippen molar-refractivity contribution in [3.8, 4) is 5.75 Å². The molecule has 142 valence electrons. The number of benzene rings is 3. The molecule has 0 bridgehead atoms. The molecule has 0 aromatic heterocycles. The first-order chi connectivity index (χ1) is 13.5. The van der Waals surface area contributed by atoms with Crippen LogP contribution in [0.2, 0.25) is 0 Å². The average molecular weight is 437 g/mol. The van der Waals surface area contributed by atoms with E-state index in [4.69, 9.17) is 9.84 Å². The molecule has 3 aromatic rings. The molecule has 0 aliphatic carbocycles. The van der Waals surface area contributed by atoms with Gasteiger partial charge in [-0.1, -0.05) is 70.5 Å². The van der Waals surface area contributed by atoms with E-state index in [0.29, 0.717) is 6.61 Å². The van der Waals surface area contributed by atoms with Crippen LogP contribution in [0.5, 0.6) is 5.75 Å². The molecule has 0 saturated carbocycles. The lowest BCUT2D eigenvalue weighted by Crippen LogP contribution is -2.02. The molecule has 0 aliphatic heterocycles. The van der Waals surface area contributed by atoms with Crippen LogP contribution in [0.15, 0.2) is 83.3 Å². The molecule has 0 amide bonds. The fourth-order valence-corrected chi connectivity index (χ4v) is 3.29.